The molecule has 0 saturated heterocycles. The number of aryl methyl sites for hydroxylation is 1. The topological polar surface area (TPSA) is 41.6 Å². The summed E-state index contributed by atoms with van der Waals surface area (Å²) in [6, 6.07) is 8.12. The summed E-state index contributed by atoms with van der Waals surface area (Å²) in [5.74, 6) is 1.02. The monoisotopic (exact) mass is 306 g/mol. The first-order valence-corrected chi connectivity index (χ1v) is 7.92. The summed E-state index contributed by atoms with van der Waals surface area (Å²) in [5, 5.41) is 3.02. The maximum absolute atomic E-state index is 11.9. The molecule has 0 unspecified atom stereocenters. The molecule has 124 valence electrons. The zero-order valence-electron chi connectivity index (χ0n) is 14.6. The first-order chi connectivity index (χ1) is 10.3. The van der Waals surface area contributed by atoms with Gasteiger partial charge in [-0.25, -0.2) is 0 Å². The van der Waals surface area contributed by atoms with Crippen LogP contribution in [0.4, 0.5) is 0 Å². The third-order valence-corrected chi connectivity index (χ3v) is 4.21. The highest BCUT2D eigenvalue weighted by atomic mass is 16.5. The summed E-state index contributed by atoms with van der Waals surface area (Å²) < 4.78 is 5.14. The molecule has 4 nitrogen and oxygen atoms in total. The predicted molar refractivity (Wildman–Crippen MR) is 91.3 cm³/mol. The molecule has 0 bridgehead atoms. The van der Waals surface area contributed by atoms with E-state index in [0.29, 0.717) is 13.0 Å². The summed E-state index contributed by atoms with van der Waals surface area (Å²) in [6.45, 7) is 4.92. The third kappa shape index (κ3) is 6.48. The lowest BCUT2D eigenvalue weighted by atomic mass is 10.0. The first kappa shape index (κ1) is 18.5. The zero-order valence-corrected chi connectivity index (χ0v) is 14.6. The molecule has 1 amide bonds. The summed E-state index contributed by atoms with van der Waals surface area (Å²) in [7, 11) is 5.73. The fourth-order valence-corrected chi connectivity index (χ4v) is 1.97. The van der Waals surface area contributed by atoms with Gasteiger partial charge in [0.05, 0.1) is 7.11 Å². The predicted octanol–water partition coefficient (Wildman–Crippen LogP) is 2.86. The van der Waals surface area contributed by atoms with Crippen molar-refractivity contribution in [1.29, 1.82) is 0 Å². The lowest BCUT2D eigenvalue weighted by Crippen LogP contribution is -2.48. The highest BCUT2D eigenvalue weighted by Gasteiger charge is 2.20. The van der Waals surface area contributed by atoms with Crippen LogP contribution in [-0.2, 0) is 11.2 Å². The van der Waals surface area contributed by atoms with E-state index in [1.807, 2.05) is 26.2 Å². The number of rotatable bonds is 9. The van der Waals surface area contributed by atoms with E-state index in [-0.39, 0.29) is 11.4 Å². The van der Waals surface area contributed by atoms with Gasteiger partial charge in [0.25, 0.3) is 0 Å². The van der Waals surface area contributed by atoms with Crippen molar-refractivity contribution in [2.24, 2.45) is 0 Å². The minimum absolute atomic E-state index is 0.0151. The number of hydrogen-bond donors (Lipinski definition) is 1. The molecule has 0 aliphatic heterocycles. The molecule has 1 aromatic carbocycles. The number of carbonyl (C=O) groups is 1. The molecule has 0 saturated carbocycles. The Hall–Kier alpha value is -1.55. The number of ether oxygens (including phenoxy) is 1. The van der Waals surface area contributed by atoms with Crippen molar-refractivity contribution in [3.05, 3.63) is 29.8 Å². The van der Waals surface area contributed by atoms with Gasteiger partial charge in [-0.15, -0.1) is 0 Å². The van der Waals surface area contributed by atoms with Crippen molar-refractivity contribution >= 4 is 5.91 Å². The average Bonchev–Trinajstić information content (AvgIpc) is 2.50. The molecular weight excluding hydrogens is 276 g/mol. The van der Waals surface area contributed by atoms with E-state index in [4.69, 9.17) is 4.74 Å². The van der Waals surface area contributed by atoms with Gasteiger partial charge < -0.3 is 15.0 Å². The van der Waals surface area contributed by atoms with Gasteiger partial charge in [-0.1, -0.05) is 12.1 Å². The molecule has 4 heteroatoms. The van der Waals surface area contributed by atoms with E-state index in [9.17, 15) is 4.79 Å². The van der Waals surface area contributed by atoms with E-state index in [1.165, 1.54) is 5.56 Å². The Morgan fingerprint density at radius 3 is 2.36 bits per heavy atom. The second-order valence-corrected chi connectivity index (χ2v) is 6.54. The molecule has 0 heterocycles. The molecule has 0 aliphatic carbocycles. The fourth-order valence-electron chi connectivity index (χ4n) is 1.97. The minimum Gasteiger partial charge on any atom is -0.497 e. The van der Waals surface area contributed by atoms with Crippen LogP contribution in [0.25, 0.3) is 0 Å². The highest BCUT2D eigenvalue weighted by molar-refractivity contribution is 5.75. The van der Waals surface area contributed by atoms with Crippen LogP contribution >= 0.6 is 0 Å². The molecule has 22 heavy (non-hydrogen) atoms. The Balaban J connectivity index is 2.19. The first-order valence-electron chi connectivity index (χ1n) is 7.92. The van der Waals surface area contributed by atoms with Crippen LogP contribution in [-0.4, -0.2) is 44.1 Å². The summed E-state index contributed by atoms with van der Waals surface area (Å²) in [6.07, 6.45) is 3.54. The summed E-state index contributed by atoms with van der Waals surface area (Å²) >= 11 is 0. The average molecular weight is 306 g/mol. The number of carbonyl (C=O) groups excluding carboxylic acids is 1. The number of nitrogens with zero attached hydrogens (tertiary/aromatic N) is 1. The van der Waals surface area contributed by atoms with Gasteiger partial charge in [0.15, 0.2) is 0 Å². The fraction of sp³-hybridized carbons (Fsp3) is 0.611. The second-order valence-electron chi connectivity index (χ2n) is 6.54. The molecule has 0 radical (unpaired) electrons. The maximum atomic E-state index is 11.9. The quantitative estimate of drug-likeness (QED) is 0.713. The van der Waals surface area contributed by atoms with Gasteiger partial charge in [-0.3, -0.25) is 4.79 Å². The molecule has 1 N–H and O–H groups in total. The molecular formula is C18H30N2O2. The minimum atomic E-state index is -0.0151. The number of hydrogen-bond acceptors (Lipinski definition) is 3. The van der Waals surface area contributed by atoms with Crippen LogP contribution in [0.15, 0.2) is 24.3 Å². The second kappa shape index (κ2) is 8.79. The molecule has 0 atom stereocenters. The van der Waals surface area contributed by atoms with Crippen LogP contribution < -0.4 is 10.1 Å². The number of methoxy groups -OCH3 is 1. The zero-order chi connectivity index (χ0) is 16.6. The molecule has 0 spiro atoms. The number of likely N-dealkylation sites (N-methyl/N-ethyl adjacent to an activating group) is 1. The Labute approximate surface area is 134 Å². The number of benzene rings is 1. The van der Waals surface area contributed by atoms with Gasteiger partial charge in [0, 0.05) is 18.5 Å². The number of nitrogens with one attached hydrogen (secondary N) is 1. The Morgan fingerprint density at radius 2 is 1.82 bits per heavy atom. The molecule has 0 aromatic heterocycles. The van der Waals surface area contributed by atoms with E-state index in [2.05, 4.69) is 36.2 Å². The molecule has 1 rings (SSSR count). The van der Waals surface area contributed by atoms with Crippen LogP contribution in [0.5, 0.6) is 5.75 Å². The lowest BCUT2D eigenvalue weighted by molar-refractivity contribution is -0.121. The van der Waals surface area contributed by atoms with E-state index >= 15 is 0 Å². The van der Waals surface area contributed by atoms with E-state index in [0.717, 1.165) is 25.0 Å². The smallest absolute Gasteiger partial charge is 0.220 e. The van der Waals surface area contributed by atoms with Gasteiger partial charge in [-0.2, -0.15) is 0 Å². The summed E-state index contributed by atoms with van der Waals surface area (Å²) in [5.41, 5.74) is 1.27. The van der Waals surface area contributed by atoms with Crippen molar-refractivity contribution in [3.63, 3.8) is 0 Å². The largest absolute Gasteiger partial charge is 0.497 e. The SMILES string of the molecule is COc1ccc(CCCCC(=O)NCC(C)(C)N(C)C)cc1. The number of unbranched alkanes of at least 4 members (excludes halogenated alkanes) is 1. The van der Waals surface area contributed by atoms with Crippen LogP contribution in [0.1, 0.15) is 38.7 Å². The Morgan fingerprint density at radius 1 is 1.18 bits per heavy atom. The van der Waals surface area contributed by atoms with Crippen molar-refractivity contribution < 1.29 is 9.53 Å². The van der Waals surface area contributed by atoms with Crippen LogP contribution in [0.2, 0.25) is 0 Å². The van der Waals surface area contributed by atoms with Crippen molar-refractivity contribution in [1.82, 2.24) is 10.2 Å². The van der Waals surface area contributed by atoms with Crippen molar-refractivity contribution in [2.75, 3.05) is 27.7 Å². The number of amides is 1. The van der Waals surface area contributed by atoms with Crippen molar-refractivity contribution in [2.45, 2.75) is 45.1 Å². The van der Waals surface area contributed by atoms with Crippen molar-refractivity contribution in [3.8, 4) is 5.75 Å². The van der Waals surface area contributed by atoms with E-state index < -0.39 is 0 Å². The summed E-state index contributed by atoms with van der Waals surface area (Å²) in [4.78, 5) is 14.0. The highest BCUT2D eigenvalue weighted by Crippen LogP contribution is 2.13. The van der Waals surface area contributed by atoms with Gasteiger partial charge >= 0.3 is 0 Å². The Kier molecular flexibility index (Phi) is 7.39. The third-order valence-electron chi connectivity index (χ3n) is 4.21. The maximum Gasteiger partial charge on any atom is 0.220 e. The normalized spacial score (nSPS) is 11.5. The lowest BCUT2D eigenvalue weighted by Gasteiger charge is -2.32. The van der Waals surface area contributed by atoms with Crippen LogP contribution in [0, 0.1) is 0 Å². The van der Waals surface area contributed by atoms with Gasteiger partial charge in [-0.05, 0) is 64.9 Å². The van der Waals surface area contributed by atoms with Gasteiger partial charge in [0.1, 0.15) is 5.75 Å². The van der Waals surface area contributed by atoms with Gasteiger partial charge in [0.2, 0.25) is 5.91 Å². The molecule has 0 aliphatic rings. The van der Waals surface area contributed by atoms with E-state index in [1.54, 1.807) is 7.11 Å². The Bertz CT molecular complexity index is 453. The molecule has 0 fully saturated rings. The molecule has 1 aromatic rings. The van der Waals surface area contributed by atoms with Crippen LogP contribution in [0.3, 0.4) is 0 Å². The standard InChI is InChI=1S/C18H30N2O2/c1-18(2,20(3)4)14-19-17(21)9-7-6-8-15-10-12-16(22-5)13-11-15/h10-13H,6-9,14H2,1-5H3,(H,19,21).